The van der Waals surface area contributed by atoms with Crippen LogP contribution in [0.1, 0.15) is 21.0 Å². The van der Waals surface area contributed by atoms with Crippen LogP contribution in [0.5, 0.6) is 5.75 Å². The lowest BCUT2D eigenvalue weighted by atomic mass is 10.1. The summed E-state index contributed by atoms with van der Waals surface area (Å²) in [5.41, 5.74) is 0.999. The van der Waals surface area contributed by atoms with Crippen molar-refractivity contribution in [3.05, 3.63) is 70.3 Å². The molecule has 0 fully saturated rings. The maximum Gasteiger partial charge on any atom is 0.262 e. The summed E-state index contributed by atoms with van der Waals surface area (Å²) in [6.45, 7) is 0.837. The molecule has 1 N–H and O–H groups in total. The molecule has 0 unspecified atom stereocenters. The summed E-state index contributed by atoms with van der Waals surface area (Å²) in [5, 5.41) is 4.72. The summed E-state index contributed by atoms with van der Waals surface area (Å²) in [7, 11) is 0. The lowest BCUT2D eigenvalue weighted by Gasteiger charge is -2.23. The molecule has 0 saturated heterocycles. The van der Waals surface area contributed by atoms with Gasteiger partial charge in [-0.05, 0) is 41.8 Å². The van der Waals surface area contributed by atoms with Crippen LogP contribution >= 0.6 is 11.3 Å². The third-order valence-electron chi connectivity index (χ3n) is 4.00. The van der Waals surface area contributed by atoms with E-state index >= 15 is 0 Å². The smallest absolute Gasteiger partial charge is 0.262 e. The van der Waals surface area contributed by atoms with E-state index in [4.69, 9.17) is 9.15 Å². The normalized spacial score (nSPS) is 12.8. The summed E-state index contributed by atoms with van der Waals surface area (Å²) in [4.78, 5) is 27.4. The molecule has 1 aliphatic rings. The van der Waals surface area contributed by atoms with Crippen LogP contribution in [0.4, 0.5) is 5.69 Å². The molecule has 3 aromatic rings. The van der Waals surface area contributed by atoms with Gasteiger partial charge in [-0.25, -0.2) is 0 Å². The zero-order chi connectivity index (χ0) is 17.9. The van der Waals surface area contributed by atoms with Gasteiger partial charge >= 0.3 is 0 Å². The third kappa shape index (κ3) is 3.48. The molecular weight excluding hydrogens is 352 g/mol. The molecule has 1 aliphatic heterocycles. The summed E-state index contributed by atoms with van der Waals surface area (Å²) >= 11 is 1.60. The van der Waals surface area contributed by atoms with Gasteiger partial charge in [0.25, 0.3) is 11.8 Å². The Morgan fingerprint density at radius 3 is 2.88 bits per heavy atom. The number of anilines is 1. The van der Waals surface area contributed by atoms with E-state index in [1.807, 2.05) is 23.6 Å². The van der Waals surface area contributed by atoms with Gasteiger partial charge in [-0.3, -0.25) is 9.59 Å². The molecule has 0 aliphatic carbocycles. The van der Waals surface area contributed by atoms with E-state index in [2.05, 4.69) is 5.32 Å². The van der Waals surface area contributed by atoms with E-state index in [1.165, 1.54) is 0 Å². The van der Waals surface area contributed by atoms with Gasteiger partial charge in [-0.2, -0.15) is 0 Å². The molecule has 0 saturated carbocycles. The van der Waals surface area contributed by atoms with Crippen molar-refractivity contribution in [3.63, 3.8) is 0 Å². The highest BCUT2D eigenvalue weighted by molar-refractivity contribution is 7.09. The average Bonchev–Trinajstić information content (AvgIpc) is 3.34. The minimum atomic E-state index is -0.229. The first-order valence-corrected chi connectivity index (χ1v) is 8.98. The summed E-state index contributed by atoms with van der Waals surface area (Å²) in [5.74, 6) is 0.909. The molecule has 2 aromatic heterocycles. The first-order valence-electron chi connectivity index (χ1n) is 8.10. The number of fused-ring (bicyclic) bond motifs is 1. The minimum absolute atomic E-state index is 0.0106. The number of furan rings is 1. The number of hydrogen-bond acceptors (Lipinski definition) is 5. The van der Waals surface area contributed by atoms with Crippen molar-refractivity contribution in [2.75, 3.05) is 11.9 Å². The second kappa shape index (κ2) is 7.05. The fraction of sp³-hybridized carbons (Fsp3) is 0.158. The molecule has 1 aromatic carbocycles. The van der Waals surface area contributed by atoms with Crippen molar-refractivity contribution >= 4 is 28.8 Å². The van der Waals surface area contributed by atoms with E-state index in [-0.39, 0.29) is 18.4 Å². The highest BCUT2D eigenvalue weighted by Gasteiger charge is 2.22. The molecule has 7 heteroatoms. The summed E-state index contributed by atoms with van der Waals surface area (Å²) < 4.78 is 10.8. The van der Waals surface area contributed by atoms with Crippen molar-refractivity contribution in [2.45, 2.75) is 13.1 Å². The van der Waals surface area contributed by atoms with Crippen LogP contribution in [0, 0.1) is 0 Å². The standard InChI is InChI=1S/C19H16N2O4S/c22-18-12-25-17-6-5-13(9-16(17)20-18)19(23)21(10-14-3-1-7-24-14)11-15-4-2-8-26-15/h1-9H,10-12H2,(H,20,22). The number of nitrogens with zero attached hydrogens (tertiary/aromatic N) is 1. The third-order valence-corrected chi connectivity index (χ3v) is 4.86. The van der Waals surface area contributed by atoms with Gasteiger partial charge in [-0.1, -0.05) is 6.07 Å². The molecule has 4 rings (SSSR count). The second-order valence-electron chi connectivity index (χ2n) is 5.87. The van der Waals surface area contributed by atoms with Crippen molar-refractivity contribution in [1.82, 2.24) is 4.90 Å². The number of rotatable bonds is 5. The Morgan fingerprint density at radius 2 is 2.12 bits per heavy atom. The van der Waals surface area contributed by atoms with Gasteiger partial charge < -0.3 is 19.4 Å². The maximum absolute atomic E-state index is 13.1. The van der Waals surface area contributed by atoms with Crippen LogP contribution < -0.4 is 10.1 Å². The molecular formula is C19H16N2O4S. The fourth-order valence-corrected chi connectivity index (χ4v) is 3.50. The van der Waals surface area contributed by atoms with Crippen LogP contribution in [-0.4, -0.2) is 23.3 Å². The van der Waals surface area contributed by atoms with E-state index in [0.717, 1.165) is 4.88 Å². The second-order valence-corrected chi connectivity index (χ2v) is 6.90. The van der Waals surface area contributed by atoms with E-state index in [0.29, 0.717) is 35.9 Å². The van der Waals surface area contributed by atoms with Crippen molar-refractivity contribution < 1.29 is 18.7 Å². The van der Waals surface area contributed by atoms with Gasteiger partial charge in [0.15, 0.2) is 6.61 Å². The Labute approximate surface area is 154 Å². The topological polar surface area (TPSA) is 71.8 Å². The van der Waals surface area contributed by atoms with Crippen molar-refractivity contribution in [3.8, 4) is 5.75 Å². The molecule has 132 valence electrons. The SMILES string of the molecule is O=C1COc2ccc(C(=O)N(Cc3ccco3)Cc3cccs3)cc2N1. The average molecular weight is 368 g/mol. The maximum atomic E-state index is 13.1. The highest BCUT2D eigenvalue weighted by Crippen LogP contribution is 2.29. The van der Waals surface area contributed by atoms with E-state index in [9.17, 15) is 9.59 Å². The number of thiophene rings is 1. The molecule has 0 radical (unpaired) electrons. The van der Waals surface area contributed by atoms with E-state index < -0.39 is 0 Å². The largest absolute Gasteiger partial charge is 0.482 e. The van der Waals surface area contributed by atoms with Crippen molar-refractivity contribution in [2.24, 2.45) is 0 Å². The van der Waals surface area contributed by atoms with Crippen molar-refractivity contribution in [1.29, 1.82) is 0 Å². The number of amides is 2. The van der Waals surface area contributed by atoms with E-state index in [1.54, 1.807) is 46.8 Å². The van der Waals surface area contributed by atoms with Crippen LogP contribution in [0.25, 0.3) is 0 Å². The van der Waals surface area contributed by atoms with Crippen LogP contribution in [0.15, 0.2) is 58.5 Å². The zero-order valence-electron chi connectivity index (χ0n) is 13.8. The molecule has 26 heavy (non-hydrogen) atoms. The first-order chi connectivity index (χ1) is 12.7. The number of hydrogen-bond donors (Lipinski definition) is 1. The Bertz CT molecular complexity index is 883. The number of carbonyl (C=O) groups is 2. The van der Waals surface area contributed by atoms with Crippen LogP contribution in [-0.2, 0) is 17.9 Å². The van der Waals surface area contributed by atoms with Gasteiger partial charge in [0.05, 0.1) is 25.0 Å². The number of carbonyl (C=O) groups excluding carboxylic acids is 2. The quantitative estimate of drug-likeness (QED) is 0.748. The lowest BCUT2D eigenvalue weighted by molar-refractivity contribution is -0.118. The molecule has 0 spiro atoms. The highest BCUT2D eigenvalue weighted by atomic mass is 32.1. The molecule has 0 atom stereocenters. The summed E-state index contributed by atoms with van der Waals surface area (Å²) in [6, 6.07) is 12.7. The fourth-order valence-electron chi connectivity index (χ4n) is 2.78. The monoisotopic (exact) mass is 368 g/mol. The molecule has 2 amide bonds. The minimum Gasteiger partial charge on any atom is -0.482 e. The lowest BCUT2D eigenvalue weighted by Crippen LogP contribution is -2.30. The number of benzene rings is 1. The predicted molar refractivity (Wildman–Crippen MR) is 97.2 cm³/mol. The predicted octanol–water partition coefficient (Wildman–Crippen LogP) is 3.51. The van der Waals surface area contributed by atoms with Crippen LogP contribution in [0.2, 0.25) is 0 Å². The molecule has 6 nitrogen and oxygen atoms in total. The van der Waals surface area contributed by atoms with Gasteiger partial charge in [0.1, 0.15) is 11.5 Å². The number of ether oxygens (including phenoxy) is 1. The molecule has 3 heterocycles. The van der Waals surface area contributed by atoms with Gasteiger partial charge in [0.2, 0.25) is 0 Å². The first kappa shape index (κ1) is 16.4. The Kier molecular flexibility index (Phi) is 4.45. The summed E-state index contributed by atoms with van der Waals surface area (Å²) in [6.07, 6.45) is 1.59. The van der Waals surface area contributed by atoms with Crippen LogP contribution in [0.3, 0.4) is 0 Å². The van der Waals surface area contributed by atoms with Gasteiger partial charge in [-0.15, -0.1) is 11.3 Å². The Morgan fingerprint density at radius 1 is 1.19 bits per heavy atom. The number of nitrogens with one attached hydrogen (secondary N) is 1. The molecule has 0 bridgehead atoms. The Hall–Kier alpha value is -3.06. The van der Waals surface area contributed by atoms with Gasteiger partial charge in [0, 0.05) is 10.4 Å². The Balaban J connectivity index is 1.61. The zero-order valence-corrected chi connectivity index (χ0v) is 14.6.